The van der Waals surface area contributed by atoms with Crippen LogP contribution in [-0.4, -0.2) is 39.4 Å². The summed E-state index contributed by atoms with van der Waals surface area (Å²) in [6, 6.07) is 4.16. The molecule has 0 aliphatic carbocycles. The molecule has 2 rings (SSSR count). The molecule has 0 radical (unpaired) electrons. The highest BCUT2D eigenvalue weighted by Crippen LogP contribution is 2.25. The predicted octanol–water partition coefficient (Wildman–Crippen LogP) is 3.78. The lowest BCUT2D eigenvalue weighted by molar-refractivity contribution is -0.130. The third kappa shape index (κ3) is 5.99. The maximum Gasteiger partial charge on any atom is 0.222 e. The van der Waals surface area contributed by atoms with Crippen molar-refractivity contribution in [1.82, 2.24) is 9.88 Å². The van der Waals surface area contributed by atoms with Gasteiger partial charge in [0.1, 0.15) is 0 Å². The van der Waals surface area contributed by atoms with Crippen molar-refractivity contribution in [3.63, 3.8) is 0 Å². The van der Waals surface area contributed by atoms with Crippen molar-refractivity contribution in [2.45, 2.75) is 51.2 Å². The van der Waals surface area contributed by atoms with E-state index in [0.29, 0.717) is 23.0 Å². The highest BCUT2D eigenvalue weighted by Gasteiger charge is 2.25. The fourth-order valence-electron chi connectivity index (χ4n) is 2.84. The van der Waals surface area contributed by atoms with Crippen molar-refractivity contribution in [3.05, 3.63) is 30.1 Å². The van der Waals surface area contributed by atoms with E-state index < -0.39 is 0 Å². The lowest BCUT2D eigenvalue weighted by Crippen LogP contribution is -2.28. The second-order valence-electron chi connectivity index (χ2n) is 7.12. The Labute approximate surface area is 138 Å². The van der Waals surface area contributed by atoms with Crippen LogP contribution in [0.5, 0.6) is 0 Å². The lowest BCUT2D eigenvalue weighted by Gasteiger charge is -2.19. The highest BCUT2D eigenvalue weighted by atomic mass is 32.2. The zero-order valence-electron chi connectivity index (χ0n) is 14.0. The molecule has 1 fully saturated rings. The second-order valence-corrected chi connectivity index (χ2v) is 9.04. The zero-order valence-corrected chi connectivity index (χ0v) is 14.9. The van der Waals surface area contributed by atoms with E-state index in [1.165, 1.54) is 5.56 Å². The van der Waals surface area contributed by atoms with Crippen LogP contribution >= 0.6 is 11.8 Å². The molecular weight excluding hydrogens is 292 g/mol. The minimum absolute atomic E-state index is 0.298. The normalized spacial score (nSPS) is 18.7. The molecule has 1 aromatic rings. The average Bonchev–Trinajstić information content (AvgIpc) is 2.92. The van der Waals surface area contributed by atoms with Crippen LogP contribution in [0.2, 0.25) is 0 Å². The Morgan fingerprint density at radius 1 is 1.36 bits per heavy atom. The molecule has 1 aromatic heterocycles. The minimum Gasteiger partial charge on any atom is -0.342 e. The summed E-state index contributed by atoms with van der Waals surface area (Å²) in [6.45, 7) is 8.53. The second kappa shape index (κ2) is 8.00. The molecule has 1 aliphatic rings. The van der Waals surface area contributed by atoms with Gasteiger partial charge in [0, 0.05) is 36.7 Å². The van der Waals surface area contributed by atoms with E-state index >= 15 is 0 Å². The summed E-state index contributed by atoms with van der Waals surface area (Å²) < 4.78 is 0.298. The van der Waals surface area contributed by atoms with Gasteiger partial charge in [0.05, 0.1) is 0 Å². The molecule has 22 heavy (non-hydrogen) atoms. The molecule has 1 atom stereocenters. The van der Waals surface area contributed by atoms with Gasteiger partial charge in [-0.3, -0.25) is 9.78 Å². The van der Waals surface area contributed by atoms with Crippen LogP contribution in [0.15, 0.2) is 24.5 Å². The average molecular weight is 321 g/mol. The number of nitrogens with zero attached hydrogens (tertiary/aromatic N) is 2. The molecule has 122 valence electrons. The van der Waals surface area contributed by atoms with Crippen molar-refractivity contribution < 1.29 is 4.79 Å². The molecule has 1 unspecified atom stereocenters. The van der Waals surface area contributed by atoms with Crippen molar-refractivity contribution in [1.29, 1.82) is 0 Å². The van der Waals surface area contributed by atoms with Crippen LogP contribution in [0.25, 0.3) is 0 Å². The van der Waals surface area contributed by atoms with Gasteiger partial charge in [0.2, 0.25) is 5.91 Å². The number of carbonyl (C=O) groups is 1. The molecule has 0 bridgehead atoms. The first kappa shape index (κ1) is 17.3. The molecule has 4 heteroatoms. The number of carbonyl (C=O) groups excluding carboxylic acids is 1. The van der Waals surface area contributed by atoms with E-state index in [2.05, 4.69) is 42.8 Å². The summed E-state index contributed by atoms with van der Waals surface area (Å²) in [5, 5.41) is 0. The summed E-state index contributed by atoms with van der Waals surface area (Å²) in [6.07, 6.45) is 7.58. The van der Waals surface area contributed by atoms with Gasteiger partial charge in [-0.15, -0.1) is 0 Å². The number of aromatic nitrogens is 1. The maximum absolute atomic E-state index is 12.3. The van der Waals surface area contributed by atoms with E-state index in [9.17, 15) is 4.79 Å². The lowest BCUT2D eigenvalue weighted by atomic mass is 10.00. The van der Waals surface area contributed by atoms with Crippen LogP contribution in [0.3, 0.4) is 0 Å². The first-order chi connectivity index (χ1) is 10.4. The molecule has 0 aromatic carbocycles. The van der Waals surface area contributed by atoms with Gasteiger partial charge in [0.15, 0.2) is 0 Å². The molecule has 0 N–H and O–H groups in total. The maximum atomic E-state index is 12.3. The summed E-state index contributed by atoms with van der Waals surface area (Å²) in [5.41, 5.74) is 1.33. The fourth-order valence-corrected chi connectivity index (χ4v) is 3.74. The van der Waals surface area contributed by atoms with E-state index in [-0.39, 0.29) is 0 Å². The summed E-state index contributed by atoms with van der Waals surface area (Å²) in [7, 11) is 0. The van der Waals surface area contributed by atoms with Gasteiger partial charge in [0.25, 0.3) is 0 Å². The highest BCUT2D eigenvalue weighted by molar-refractivity contribution is 8.00. The summed E-state index contributed by atoms with van der Waals surface area (Å²) in [4.78, 5) is 18.4. The Hall–Kier alpha value is -1.03. The minimum atomic E-state index is 0.298. The van der Waals surface area contributed by atoms with Gasteiger partial charge in [-0.05, 0) is 48.6 Å². The molecule has 1 amide bonds. The van der Waals surface area contributed by atoms with Crippen LogP contribution < -0.4 is 0 Å². The first-order valence-electron chi connectivity index (χ1n) is 8.25. The van der Waals surface area contributed by atoms with Crippen LogP contribution in [0.1, 0.15) is 45.6 Å². The molecule has 0 spiro atoms. The van der Waals surface area contributed by atoms with Crippen LogP contribution in [-0.2, 0) is 11.2 Å². The van der Waals surface area contributed by atoms with Gasteiger partial charge < -0.3 is 4.90 Å². The monoisotopic (exact) mass is 320 g/mol. The Morgan fingerprint density at radius 3 is 2.77 bits per heavy atom. The smallest absolute Gasteiger partial charge is 0.222 e. The van der Waals surface area contributed by atoms with E-state index in [4.69, 9.17) is 0 Å². The SMILES string of the molecule is CC(C)(C)SCCCC(=O)N1CCC(Cc2ccncc2)C1. The quantitative estimate of drug-likeness (QED) is 0.748. The topological polar surface area (TPSA) is 33.2 Å². The number of pyridine rings is 1. The Kier molecular flexibility index (Phi) is 6.30. The number of hydrogen-bond donors (Lipinski definition) is 0. The number of amides is 1. The standard InChI is InChI=1S/C18H28N2OS/c1-18(2,3)22-12-4-5-17(21)20-11-8-16(14-20)13-15-6-9-19-10-7-15/h6-7,9-10,16H,4-5,8,11-14H2,1-3H3. The largest absolute Gasteiger partial charge is 0.342 e. The number of likely N-dealkylation sites (tertiary alicyclic amines) is 1. The summed E-state index contributed by atoms with van der Waals surface area (Å²) in [5.74, 6) is 2.02. The third-order valence-corrected chi connectivity index (χ3v) is 5.34. The van der Waals surface area contributed by atoms with E-state index in [1.54, 1.807) is 0 Å². The van der Waals surface area contributed by atoms with Gasteiger partial charge in [-0.25, -0.2) is 0 Å². The summed E-state index contributed by atoms with van der Waals surface area (Å²) >= 11 is 1.94. The number of rotatable bonds is 6. The van der Waals surface area contributed by atoms with Crippen LogP contribution in [0.4, 0.5) is 0 Å². The van der Waals surface area contributed by atoms with Crippen molar-refractivity contribution >= 4 is 17.7 Å². The van der Waals surface area contributed by atoms with E-state index in [1.807, 2.05) is 24.2 Å². The van der Waals surface area contributed by atoms with Crippen LogP contribution in [0, 0.1) is 5.92 Å². The number of thioether (sulfide) groups is 1. The molecule has 1 saturated heterocycles. The van der Waals surface area contributed by atoms with Gasteiger partial charge in [-0.2, -0.15) is 11.8 Å². The molecule has 2 heterocycles. The predicted molar refractivity (Wildman–Crippen MR) is 94.1 cm³/mol. The molecule has 1 aliphatic heterocycles. The van der Waals surface area contributed by atoms with Crippen molar-refractivity contribution in [2.24, 2.45) is 5.92 Å². The van der Waals surface area contributed by atoms with E-state index in [0.717, 1.165) is 38.1 Å². The first-order valence-corrected chi connectivity index (χ1v) is 9.23. The third-order valence-electron chi connectivity index (χ3n) is 3.98. The van der Waals surface area contributed by atoms with Crippen molar-refractivity contribution in [3.8, 4) is 0 Å². The van der Waals surface area contributed by atoms with Gasteiger partial charge >= 0.3 is 0 Å². The van der Waals surface area contributed by atoms with Gasteiger partial charge in [-0.1, -0.05) is 20.8 Å². The van der Waals surface area contributed by atoms with Crippen molar-refractivity contribution in [2.75, 3.05) is 18.8 Å². The zero-order chi connectivity index (χ0) is 16.0. The molecular formula is C18H28N2OS. The molecule has 0 saturated carbocycles. The Morgan fingerprint density at radius 2 is 2.09 bits per heavy atom. The fraction of sp³-hybridized carbons (Fsp3) is 0.667. The Bertz CT molecular complexity index is 470. The molecule has 3 nitrogen and oxygen atoms in total. The Balaban J connectivity index is 1.68. The number of hydrogen-bond acceptors (Lipinski definition) is 3.